The van der Waals surface area contributed by atoms with E-state index in [1.807, 2.05) is 51.1 Å². The minimum absolute atomic E-state index is 0.0486. The average molecular weight is 586 g/mol. The topological polar surface area (TPSA) is 86.8 Å². The maximum absolute atomic E-state index is 14.7. The molecule has 220 valence electrons. The Morgan fingerprint density at radius 3 is 2.05 bits per heavy atom. The van der Waals surface area contributed by atoms with Crippen molar-refractivity contribution in [1.29, 1.82) is 0 Å². The maximum Gasteiger partial charge on any atom is 0.243 e. The van der Waals surface area contributed by atoms with Gasteiger partial charge in [-0.2, -0.15) is 0 Å². The van der Waals surface area contributed by atoms with Gasteiger partial charge < -0.3 is 10.2 Å². The number of nitrogens with one attached hydrogen (secondary N) is 1. The number of rotatable bonds is 12. The Labute approximate surface area is 241 Å². The summed E-state index contributed by atoms with van der Waals surface area (Å²) in [5.74, 6) is -2.06. The number of sulfonamides is 1. The van der Waals surface area contributed by atoms with Gasteiger partial charge in [0.15, 0.2) is 0 Å². The van der Waals surface area contributed by atoms with Crippen LogP contribution >= 0.6 is 0 Å². The summed E-state index contributed by atoms with van der Waals surface area (Å²) in [5.41, 5.74) is 0.355. The molecule has 1 atom stereocenters. The van der Waals surface area contributed by atoms with E-state index in [2.05, 4.69) is 5.32 Å². The summed E-state index contributed by atoms with van der Waals surface area (Å²) in [6, 6.07) is 19.8. The minimum atomic E-state index is -3.85. The van der Waals surface area contributed by atoms with Gasteiger partial charge in [-0.15, -0.1) is 0 Å². The Morgan fingerprint density at radius 1 is 0.878 bits per heavy atom. The van der Waals surface area contributed by atoms with Crippen molar-refractivity contribution < 1.29 is 26.8 Å². The number of para-hydroxylation sites is 1. The molecular formula is C31H37F2N3O4S. The van der Waals surface area contributed by atoms with Gasteiger partial charge in [-0.3, -0.25) is 13.9 Å². The van der Waals surface area contributed by atoms with E-state index in [4.69, 9.17) is 0 Å². The van der Waals surface area contributed by atoms with Crippen LogP contribution in [0.15, 0.2) is 78.9 Å². The third kappa shape index (κ3) is 9.38. The van der Waals surface area contributed by atoms with Crippen molar-refractivity contribution in [2.45, 2.75) is 58.2 Å². The number of benzene rings is 3. The van der Waals surface area contributed by atoms with Crippen LogP contribution in [0.1, 0.15) is 44.7 Å². The molecule has 0 radical (unpaired) electrons. The fourth-order valence-corrected chi connectivity index (χ4v) is 5.42. The molecule has 3 aromatic rings. The van der Waals surface area contributed by atoms with Gasteiger partial charge in [0, 0.05) is 37.0 Å². The molecule has 0 aliphatic heterocycles. The van der Waals surface area contributed by atoms with Gasteiger partial charge >= 0.3 is 0 Å². The number of carbonyl (C=O) groups excluding carboxylic acids is 2. The monoisotopic (exact) mass is 585 g/mol. The lowest BCUT2D eigenvalue weighted by Crippen LogP contribution is -2.54. The van der Waals surface area contributed by atoms with E-state index in [0.29, 0.717) is 0 Å². The third-order valence-corrected chi connectivity index (χ3v) is 7.52. The zero-order valence-corrected chi connectivity index (χ0v) is 24.6. The molecule has 0 saturated carbocycles. The van der Waals surface area contributed by atoms with Gasteiger partial charge in [0.05, 0.1) is 11.9 Å². The average Bonchev–Trinajstić information content (AvgIpc) is 2.89. The molecule has 10 heteroatoms. The number of halogens is 2. The summed E-state index contributed by atoms with van der Waals surface area (Å²) in [6.45, 7) is 5.17. The summed E-state index contributed by atoms with van der Waals surface area (Å²) >= 11 is 0. The molecule has 1 unspecified atom stereocenters. The summed E-state index contributed by atoms with van der Waals surface area (Å²) < 4.78 is 55.1. The van der Waals surface area contributed by atoms with Crippen LogP contribution in [0.3, 0.4) is 0 Å². The smallest absolute Gasteiger partial charge is 0.243 e. The second-order valence-corrected chi connectivity index (χ2v) is 12.9. The van der Waals surface area contributed by atoms with E-state index in [-0.39, 0.29) is 43.6 Å². The van der Waals surface area contributed by atoms with E-state index in [9.17, 15) is 26.8 Å². The van der Waals surface area contributed by atoms with E-state index in [1.165, 1.54) is 29.2 Å². The van der Waals surface area contributed by atoms with Gasteiger partial charge in [-0.05, 0) is 51.0 Å². The number of hydrogen-bond acceptors (Lipinski definition) is 4. The molecule has 0 bridgehead atoms. The van der Waals surface area contributed by atoms with Crippen LogP contribution < -0.4 is 9.62 Å². The quantitative estimate of drug-likeness (QED) is 0.322. The lowest BCUT2D eigenvalue weighted by atomic mass is 10.00. The SMILES string of the molecule is CC(C)(C)NC(=O)C(Cc1ccccc1)N(Cc1ccccc1F)C(=O)CCCN(c1ccccc1F)S(C)(=O)=O. The van der Waals surface area contributed by atoms with Crippen molar-refractivity contribution >= 4 is 27.5 Å². The van der Waals surface area contributed by atoms with Gasteiger partial charge in [-0.25, -0.2) is 17.2 Å². The first-order valence-electron chi connectivity index (χ1n) is 13.4. The standard InChI is InChI=1S/C31H37F2N3O4S/c1-31(2,3)34-30(38)28(21-23-13-6-5-7-14-23)35(22-24-15-8-9-16-25(24)32)29(37)19-12-20-36(41(4,39)40)27-18-11-10-17-26(27)33/h5-11,13-18,28H,12,19-22H2,1-4H3,(H,34,38). The Kier molecular flexibility index (Phi) is 10.6. The highest BCUT2D eigenvalue weighted by molar-refractivity contribution is 7.92. The molecule has 0 aliphatic rings. The van der Waals surface area contributed by atoms with Crippen LogP contribution in [0.4, 0.5) is 14.5 Å². The molecule has 0 aromatic heterocycles. The van der Waals surface area contributed by atoms with Crippen LogP contribution in [0.2, 0.25) is 0 Å². The molecule has 1 N–H and O–H groups in total. The zero-order chi connectivity index (χ0) is 30.2. The molecule has 7 nitrogen and oxygen atoms in total. The Balaban J connectivity index is 1.92. The largest absolute Gasteiger partial charge is 0.350 e. The van der Waals surface area contributed by atoms with E-state index in [0.717, 1.165) is 22.2 Å². The zero-order valence-electron chi connectivity index (χ0n) is 23.8. The number of nitrogens with zero attached hydrogens (tertiary/aromatic N) is 2. The molecule has 0 spiro atoms. The van der Waals surface area contributed by atoms with Crippen molar-refractivity contribution in [3.8, 4) is 0 Å². The van der Waals surface area contributed by atoms with Crippen LogP contribution in [0.5, 0.6) is 0 Å². The number of amides is 2. The summed E-state index contributed by atoms with van der Waals surface area (Å²) in [4.78, 5) is 28.7. The second kappa shape index (κ2) is 13.7. The summed E-state index contributed by atoms with van der Waals surface area (Å²) in [5, 5.41) is 2.94. The summed E-state index contributed by atoms with van der Waals surface area (Å²) in [6.07, 6.45) is 1.06. The van der Waals surface area contributed by atoms with Crippen LogP contribution in [-0.4, -0.2) is 49.5 Å². The summed E-state index contributed by atoms with van der Waals surface area (Å²) in [7, 11) is -3.85. The Morgan fingerprint density at radius 2 is 1.46 bits per heavy atom. The van der Waals surface area contributed by atoms with Crippen LogP contribution in [-0.2, 0) is 32.6 Å². The molecular weight excluding hydrogens is 548 g/mol. The van der Waals surface area contributed by atoms with Crippen LogP contribution in [0.25, 0.3) is 0 Å². The first kappa shape index (κ1) is 31.7. The highest BCUT2D eigenvalue weighted by Crippen LogP contribution is 2.23. The van der Waals surface area contributed by atoms with Crippen molar-refractivity contribution in [3.05, 3.63) is 102 Å². The predicted octanol–water partition coefficient (Wildman–Crippen LogP) is 5.07. The molecule has 41 heavy (non-hydrogen) atoms. The van der Waals surface area contributed by atoms with Crippen molar-refractivity contribution in [3.63, 3.8) is 0 Å². The van der Waals surface area contributed by atoms with E-state index < -0.39 is 45.1 Å². The first-order chi connectivity index (χ1) is 19.3. The Hall–Kier alpha value is -3.79. The number of carbonyl (C=O) groups is 2. The highest BCUT2D eigenvalue weighted by Gasteiger charge is 2.33. The Bertz CT molecular complexity index is 1440. The van der Waals surface area contributed by atoms with Crippen molar-refractivity contribution in [2.24, 2.45) is 0 Å². The van der Waals surface area contributed by atoms with Crippen molar-refractivity contribution in [2.75, 3.05) is 17.1 Å². The van der Waals surface area contributed by atoms with Gasteiger partial charge in [0.2, 0.25) is 21.8 Å². The lowest BCUT2D eigenvalue weighted by molar-refractivity contribution is -0.142. The minimum Gasteiger partial charge on any atom is -0.350 e. The predicted molar refractivity (Wildman–Crippen MR) is 157 cm³/mol. The van der Waals surface area contributed by atoms with Gasteiger partial charge in [0.1, 0.15) is 17.7 Å². The maximum atomic E-state index is 14.7. The molecule has 3 aromatic carbocycles. The normalized spacial score (nSPS) is 12.4. The number of anilines is 1. The molecule has 0 fully saturated rings. The van der Waals surface area contributed by atoms with Crippen molar-refractivity contribution in [1.82, 2.24) is 10.2 Å². The van der Waals surface area contributed by atoms with E-state index in [1.54, 1.807) is 18.2 Å². The van der Waals surface area contributed by atoms with Crippen LogP contribution in [0, 0.1) is 11.6 Å². The van der Waals surface area contributed by atoms with E-state index >= 15 is 0 Å². The molecule has 3 rings (SSSR count). The second-order valence-electron chi connectivity index (χ2n) is 10.9. The molecule has 0 saturated heterocycles. The third-order valence-electron chi connectivity index (χ3n) is 6.34. The van der Waals surface area contributed by atoms with Gasteiger partial charge in [0.25, 0.3) is 0 Å². The molecule has 2 amide bonds. The molecule has 0 aliphatic carbocycles. The number of hydrogen-bond donors (Lipinski definition) is 1. The fraction of sp³-hybridized carbons (Fsp3) is 0.355. The fourth-order valence-electron chi connectivity index (χ4n) is 4.45. The lowest BCUT2D eigenvalue weighted by Gasteiger charge is -2.34. The highest BCUT2D eigenvalue weighted by atomic mass is 32.2. The van der Waals surface area contributed by atoms with Gasteiger partial charge in [-0.1, -0.05) is 60.7 Å². The first-order valence-corrected chi connectivity index (χ1v) is 15.2. The molecule has 0 heterocycles.